The van der Waals surface area contributed by atoms with Crippen LogP contribution in [0, 0.1) is 0 Å². The summed E-state index contributed by atoms with van der Waals surface area (Å²) in [7, 11) is 0. The number of aromatic nitrogens is 4. The fraction of sp³-hybridized carbons (Fsp3) is 0.833. The molecule has 29 heavy (non-hydrogen) atoms. The topological polar surface area (TPSA) is 105 Å². The molecule has 1 saturated heterocycles. The summed E-state index contributed by atoms with van der Waals surface area (Å²) >= 11 is 1.38. The number of hydrogen-bond donors (Lipinski definition) is 1. The molecule has 3 rings (SSSR count). The second kappa shape index (κ2) is 9.75. The quantitative estimate of drug-likeness (QED) is 0.489. The molecule has 10 nitrogen and oxygen atoms in total. The molecule has 2 heterocycles. The molecule has 1 aromatic heterocycles. The maximum atomic E-state index is 12.1. The van der Waals surface area contributed by atoms with Crippen LogP contribution in [-0.4, -0.2) is 92.6 Å². The highest BCUT2D eigenvalue weighted by atomic mass is 32.2. The number of nitrogens with zero attached hydrogens (tertiary/aromatic N) is 6. The van der Waals surface area contributed by atoms with Gasteiger partial charge in [-0.1, -0.05) is 11.8 Å². The van der Waals surface area contributed by atoms with E-state index in [0.717, 1.165) is 38.9 Å². The third-order valence-electron chi connectivity index (χ3n) is 4.68. The molecule has 1 aliphatic heterocycles. The number of hydrogen-bond acceptors (Lipinski definition) is 8. The van der Waals surface area contributed by atoms with Crippen LogP contribution in [0.3, 0.4) is 0 Å². The number of rotatable bonds is 8. The van der Waals surface area contributed by atoms with Crippen molar-refractivity contribution in [2.24, 2.45) is 0 Å². The lowest BCUT2D eigenvalue weighted by Gasteiger charge is -2.35. The Hall–Kier alpha value is -1.88. The largest absolute Gasteiger partial charge is 0.444 e. The number of thioether (sulfide) groups is 1. The van der Waals surface area contributed by atoms with E-state index in [1.54, 1.807) is 4.90 Å². The molecule has 0 atom stereocenters. The van der Waals surface area contributed by atoms with Crippen LogP contribution in [0.15, 0.2) is 5.16 Å². The molecule has 162 valence electrons. The van der Waals surface area contributed by atoms with E-state index in [1.165, 1.54) is 11.8 Å². The van der Waals surface area contributed by atoms with Crippen molar-refractivity contribution >= 4 is 23.8 Å². The van der Waals surface area contributed by atoms with Crippen molar-refractivity contribution in [2.75, 3.05) is 45.0 Å². The second-order valence-corrected chi connectivity index (χ2v) is 9.38. The highest BCUT2D eigenvalue weighted by Crippen LogP contribution is 2.36. The molecule has 0 bridgehead atoms. The normalized spacial score (nSPS) is 18.0. The number of amides is 2. The standard InChI is InChI=1S/C18H31N7O3S/c1-18(2,3)28-17(27)24-11-9-23(10-12-24)8-4-7-19-15(26)13-29-16-20-21-22-25(16)14-5-6-14/h14H,4-13H2,1-3H3,(H,19,26). The van der Waals surface area contributed by atoms with Crippen molar-refractivity contribution < 1.29 is 14.3 Å². The smallest absolute Gasteiger partial charge is 0.410 e. The Kier molecular flexibility index (Phi) is 7.33. The van der Waals surface area contributed by atoms with Crippen molar-refractivity contribution in [3.8, 4) is 0 Å². The van der Waals surface area contributed by atoms with Crippen LogP contribution in [-0.2, 0) is 9.53 Å². The van der Waals surface area contributed by atoms with Gasteiger partial charge in [-0.2, -0.15) is 0 Å². The average molecular weight is 426 g/mol. The van der Waals surface area contributed by atoms with Crippen molar-refractivity contribution in [1.29, 1.82) is 0 Å². The van der Waals surface area contributed by atoms with Crippen LogP contribution >= 0.6 is 11.8 Å². The van der Waals surface area contributed by atoms with E-state index in [0.29, 0.717) is 36.6 Å². The lowest BCUT2D eigenvalue weighted by Crippen LogP contribution is -2.50. The monoisotopic (exact) mass is 425 g/mol. The molecule has 0 aromatic carbocycles. The van der Waals surface area contributed by atoms with Gasteiger partial charge in [-0.05, 0) is 57.0 Å². The van der Waals surface area contributed by atoms with Gasteiger partial charge in [0, 0.05) is 32.7 Å². The highest BCUT2D eigenvalue weighted by Gasteiger charge is 2.28. The zero-order chi connectivity index (χ0) is 20.9. The number of nitrogens with one attached hydrogen (secondary N) is 1. The van der Waals surface area contributed by atoms with E-state index in [4.69, 9.17) is 4.74 Å². The van der Waals surface area contributed by atoms with E-state index >= 15 is 0 Å². The third kappa shape index (κ3) is 7.14. The van der Waals surface area contributed by atoms with Gasteiger partial charge in [-0.25, -0.2) is 9.48 Å². The van der Waals surface area contributed by atoms with E-state index in [9.17, 15) is 9.59 Å². The van der Waals surface area contributed by atoms with Crippen molar-refractivity contribution in [2.45, 2.75) is 56.8 Å². The minimum atomic E-state index is -0.463. The molecule has 1 aliphatic carbocycles. The van der Waals surface area contributed by atoms with Crippen LogP contribution in [0.25, 0.3) is 0 Å². The molecule has 2 aliphatic rings. The van der Waals surface area contributed by atoms with Gasteiger partial charge in [0.1, 0.15) is 5.60 Å². The van der Waals surface area contributed by atoms with Crippen molar-refractivity contribution in [1.82, 2.24) is 35.3 Å². The third-order valence-corrected chi connectivity index (χ3v) is 5.62. The Labute approximate surface area is 175 Å². The Morgan fingerprint density at radius 1 is 1.21 bits per heavy atom. The lowest BCUT2D eigenvalue weighted by atomic mass is 10.2. The van der Waals surface area contributed by atoms with Gasteiger partial charge in [-0.3, -0.25) is 9.69 Å². The summed E-state index contributed by atoms with van der Waals surface area (Å²) in [5.41, 5.74) is -0.463. The fourth-order valence-electron chi connectivity index (χ4n) is 3.02. The number of carbonyl (C=O) groups excluding carboxylic acids is 2. The van der Waals surface area contributed by atoms with Gasteiger partial charge >= 0.3 is 6.09 Å². The van der Waals surface area contributed by atoms with Crippen molar-refractivity contribution in [3.05, 3.63) is 0 Å². The molecule has 0 spiro atoms. The summed E-state index contributed by atoms with van der Waals surface area (Å²) in [6.45, 7) is 10.2. The summed E-state index contributed by atoms with van der Waals surface area (Å²) in [6, 6.07) is 0.409. The SMILES string of the molecule is CC(C)(C)OC(=O)N1CCN(CCCNC(=O)CSc2nnnn2C2CC2)CC1. The molecular weight excluding hydrogens is 394 g/mol. The van der Waals surface area contributed by atoms with E-state index in [-0.39, 0.29) is 12.0 Å². The predicted octanol–water partition coefficient (Wildman–Crippen LogP) is 1.16. The summed E-state index contributed by atoms with van der Waals surface area (Å²) in [5, 5.41) is 15.3. The number of piperazine rings is 1. The summed E-state index contributed by atoms with van der Waals surface area (Å²) in [4.78, 5) is 28.2. The lowest BCUT2D eigenvalue weighted by molar-refractivity contribution is -0.118. The molecule has 1 saturated carbocycles. The molecule has 2 fully saturated rings. The van der Waals surface area contributed by atoms with E-state index in [2.05, 4.69) is 25.7 Å². The Morgan fingerprint density at radius 3 is 2.59 bits per heavy atom. The first kappa shape index (κ1) is 21.8. The average Bonchev–Trinajstić information content (AvgIpc) is 3.40. The summed E-state index contributed by atoms with van der Waals surface area (Å²) < 4.78 is 7.23. The van der Waals surface area contributed by atoms with Crippen LogP contribution in [0.2, 0.25) is 0 Å². The van der Waals surface area contributed by atoms with Crippen LogP contribution in [0.5, 0.6) is 0 Å². The van der Waals surface area contributed by atoms with Gasteiger partial charge in [0.25, 0.3) is 0 Å². The summed E-state index contributed by atoms with van der Waals surface area (Å²) in [6.07, 6.45) is 2.85. The number of tetrazole rings is 1. The van der Waals surface area contributed by atoms with Gasteiger partial charge in [0.15, 0.2) is 0 Å². The molecule has 0 radical (unpaired) electrons. The van der Waals surface area contributed by atoms with Gasteiger partial charge in [-0.15, -0.1) is 5.10 Å². The van der Waals surface area contributed by atoms with Crippen LogP contribution < -0.4 is 5.32 Å². The van der Waals surface area contributed by atoms with Gasteiger partial charge in [0.2, 0.25) is 11.1 Å². The maximum absolute atomic E-state index is 12.1. The zero-order valence-electron chi connectivity index (χ0n) is 17.5. The van der Waals surface area contributed by atoms with Gasteiger partial charge in [0.05, 0.1) is 11.8 Å². The molecule has 1 N–H and O–H groups in total. The zero-order valence-corrected chi connectivity index (χ0v) is 18.3. The van der Waals surface area contributed by atoms with Crippen LogP contribution in [0.4, 0.5) is 4.79 Å². The van der Waals surface area contributed by atoms with E-state index in [1.807, 2.05) is 25.5 Å². The Bertz CT molecular complexity index is 694. The molecule has 1 aromatic rings. The molecule has 11 heteroatoms. The predicted molar refractivity (Wildman–Crippen MR) is 109 cm³/mol. The minimum Gasteiger partial charge on any atom is -0.444 e. The first-order valence-corrected chi connectivity index (χ1v) is 11.2. The fourth-order valence-corrected chi connectivity index (χ4v) is 3.80. The Balaban J connectivity index is 1.25. The van der Waals surface area contributed by atoms with Crippen LogP contribution in [0.1, 0.15) is 46.1 Å². The first-order valence-electron chi connectivity index (χ1n) is 10.2. The maximum Gasteiger partial charge on any atom is 0.410 e. The van der Waals surface area contributed by atoms with Crippen molar-refractivity contribution in [3.63, 3.8) is 0 Å². The number of ether oxygens (including phenoxy) is 1. The molecule has 0 unspecified atom stereocenters. The Morgan fingerprint density at radius 2 is 1.93 bits per heavy atom. The van der Waals surface area contributed by atoms with Gasteiger partial charge < -0.3 is 15.0 Å². The first-order chi connectivity index (χ1) is 13.8. The number of carbonyl (C=O) groups is 2. The second-order valence-electron chi connectivity index (χ2n) is 8.44. The molecular formula is C18H31N7O3S. The summed E-state index contributed by atoms with van der Waals surface area (Å²) in [5.74, 6) is 0.317. The highest BCUT2D eigenvalue weighted by molar-refractivity contribution is 7.99. The minimum absolute atomic E-state index is 0.00454. The molecule has 2 amide bonds. The van der Waals surface area contributed by atoms with E-state index < -0.39 is 5.60 Å².